The van der Waals surface area contributed by atoms with Gasteiger partial charge in [-0.15, -0.1) is 0 Å². The molecule has 1 N–H and O–H groups in total. The summed E-state index contributed by atoms with van der Waals surface area (Å²) >= 11 is 6.71. The van der Waals surface area contributed by atoms with E-state index in [0.29, 0.717) is 31.9 Å². The van der Waals surface area contributed by atoms with Gasteiger partial charge in [-0.1, -0.05) is 47.7 Å². The molecule has 1 aliphatic rings. The molecule has 11 heteroatoms. The van der Waals surface area contributed by atoms with E-state index in [2.05, 4.69) is 10.2 Å². The molecule has 9 nitrogen and oxygen atoms in total. The molecule has 0 atom stereocenters. The largest absolute Gasteiger partial charge is 0.483 e. The third-order valence-electron chi connectivity index (χ3n) is 6.20. The van der Waals surface area contributed by atoms with Crippen molar-refractivity contribution in [3.05, 3.63) is 92.9 Å². The molecule has 0 unspecified atom stereocenters. The van der Waals surface area contributed by atoms with Gasteiger partial charge in [0.2, 0.25) is 0 Å². The van der Waals surface area contributed by atoms with Gasteiger partial charge in [-0.2, -0.15) is 0 Å². The van der Waals surface area contributed by atoms with E-state index in [-0.39, 0.29) is 18.2 Å². The molecule has 1 heterocycles. The molecule has 4 rings (SSSR count). The Morgan fingerprint density at radius 1 is 1.12 bits per heavy atom. The summed E-state index contributed by atoms with van der Waals surface area (Å²) in [4.78, 5) is 40.6. The maximum absolute atomic E-state index is 13.3. The molecule has 0 radical (unpaired) electrons. The lowest BCUT2D eigenvalue weighted by Crippen LogP contribution is -2.27. The number of hydrogen-bond donors (Lipinski definition) is 1. The highest BCUT2D eigenvalue weighted by Crippen LogP contribution is 2.38. The number of carbonyl (C=O) groups excluding carboxylic acids is 2. The summed E-state index contributed by atoms with van der Waals surface area (Å²) in [6, 6.07) is 18.9. The van der Waals surface area contributed by atoms with E-state index in [1.165, 1.54) is 34.9 Å². The highest BCUT2D eigenvalue weighted by atomic mass is 32.2. The topological polar surface area (TPSA) is 105 Å². The van der Waals surface area contributed by atoms with Gasteiger partial charge in [0.05, 0.1) is 15.5 Å². The maximum atomic E-state index is 13.3. The Morgan fingerprint density at radius 2 is 1.85 bits per heavy atom. The van der Waals surface area contributed by atoms with Gasteiger partial charge < -0.3 is 15.0 Å². The van der Waals surface area contributed by atoms with E-state index >= 15 is 0 Å². The van der Waals surface area contributed by atoms with Crippen molar-refractivity contribution in [2.24, 2.45) is 0 Å². The Kier molecular flexibility index (Phi) is 9.18. The van der Waals surface area contributed by atoms with E-state index in [0.717, 1.165) is 24.3 Å². The molecular formula is C29H28N4O5S2. The van der Waals surface area contributed by atoms with Crippen LogP contribution in [0.15, 0.2) is 71.6 Å². The number of nitro groups is 1. The van der Waals surface area contributed by atoms with Gasteiger partial charge in [0.25, 0.3) is 17.5 Å². The number of nitrogens with zero attached hydrogens (tertiary/aromatic N) is 3. The number of aryl methyl sites for hydroxylation is 1. The Labute approximate surface area is 242 Å². The number of non-ortho nitro benzene ring substituents is 1. The van der Waals surface area contributed by atoms with Crippen molar-refractivity contribution in [1.82, 2.24) is 0 Å². The van der Waals surface area contributed by atoms with Crippen LogP contribution in [0.3, 0.4) is 0 Å². The number of hydrogen-bond acceptors (Lipinski definition) is 8. The molecule has 1 aliphatic heterocycles. The van der Waals surface area contributed by atoms with Crippen LogP contribution in [0.4, 0.5) is 22.7 Å². The molecule has 0 aliphatic carbocycles. The first-order valence-electron chi connectivity index (χ1n) is 12.6. The highest BCUT2D eigenvalue weighted by Gasteiger charge is 2.33. The molecule has 3 aromatic rings. The fourth-order valence-electron chi connectivity index (χ4n) is 4.12. The Balaban J connectivity index is 1.58. The number of nitro benzene ring substituents is 1. The van der Waals surface area contributed by atoms with Crippen LogP contribution in [0.25, 0.3) is 6.08 Å². The zero-order chi connectivity index (χ0) is 28.8. The fraction of sp³-hybridized carbons (Fsp3) is 0.207. The van der Waals surface area contributed by atoms with Crippen molar-refractivity contribution in [1.29, 1.82) is 0 Å². The lowest BCUT2D eigenvalue weighted by Gasteiger charge is -2.22. The summed E-state index contributed by atoms with van der Waals surface area (Å²) in [5.74, 6) is -0.300. The molecule has 3 aromatic carbocycles. The summed E-state index contributed by atoms with van der Waals surface area (Å²) < 4.78 is 6.37. The molecule has 2 amide bonds. The van der Waals surface area contributed by atoms with Gasteiger partial charge >= 0.3 is 0 Å². The van der Waals surface area contributed by atoms with Crippen molar-refractivity contribution in [2.45, 2.75) is 20.8 Å². The average molecular weight is 577 g/mol. The van der Waals surface area contributed by atoms with Gasteiger partial charge in [-0.3, -0.25) is 24.6 Å². The predicted octanol–water partition coefficient (Wildman–Crippen LogP) is 6.17. The van der Waals surface area contributed by atoms with Crippen LogP contribution in [0.5, 0.6) is 5.75 Å². The molecule has 0 spiro atoms. The average Bonchev–Trinajstić information content (AvgIpc) is 3.22. The number of ether oxygens (including phenoxy) is 1. The summed E-state index contributed by atoms with van der Waals surface area (Å²) in [7, 11) is 0. The standard InChI is InChI=1S/C29H28N4O5S2/c1-4-31(5-2)23-14-11-20(15-26-28(35)32(29(39)40-26)22-12-9-19(3)10-13-22)25(17-23)38-18-27(34)30-21-7-6-8-24(16-21)33(36)37/h6-17H,4-5,18H2,1-3H3,(H,30,34)/b26-15-. The molecule has 206 valence electrons. The quantitative estimate of drug-likeness (QED) is 0.132. The van der Waals surface area contributed by atoms with Crippen molar-refractivity contribution in [3.63, 3.8) is 0 Å². The van der Waals surface area contributed by atoms with E-state index in [1.807, 2.05) is 63.2 Å². The molecular weight excluding hydrogens is 548 g/mol. The first kappa shape index (κ1) is 28.8. The van der Waals surface area contributed by atoms with E-state index in [9.17, 15) is 19.7 Å². The van der Waals surface area contributed by atoms with Crippen molar-refractivity contribution >= 4 is 68.9 Å². The smallest absolute Gasteiger partial charge is 0.271 e. The Bertz CT molecular complexity index is 1490. The van der Waals surface area contributed by atoms with Crippen LogP contribution in [0.1, 0.15) is 25.0 Å². The normalized spacial score (nSPS) is 14.0. The molecule has 1 fully saturated rings. The van der Waals surface area contributed by atoms with Crippen LogP contribution in [-0.2, 0) is 9.59 Å². The number of anilines is 3. The van der Waals surface area contributed by atoms with Crippen LogP contribution in [-0.4, -0.2) is 40.8 Å². The minimum Gasteiger partial charge on any atom is -0.483 e. The zero-order valence-electron chi connectivity index (χ0n) is 22.2. The molecule has 0 saturated carbocycles. The van der Waals surface area contributed by atoms with E-state index in [4.69, 9.17) is 17.0 Å². The van der Waals surface area contributed by atoms with Gasteiger partial charge in [-0.25, -0.2) is 0 Å². The van der Waals surface area contributed by atoms with Crippen LogP contribution in [0.2, 0.25) is 0 Å². The number of rotatable bonds is 10. The van der Waals surface area contributed by atoms with E-state index < -0.39 is 10.8 Å². The van der Waals surface area contributed by atoms with Crippen molar-refractivity contribution in [3.8, 4) is 5.75 Å². The monoisotopic (exact) mass is 576 g/mol. The molecule has 1 saturated heterocycles. The van der Waals surface area contributed by atoms with Crippen molar-refractivity contribution in [2.75, 3.05) is 34.8 Å². The zero-order valence-corrected chi connectivity index (χ0v) is 23.9. The summed E-state index contributed by atoms with van der Waals surface area (Å²) in [5, 5.41) is 13.7. The minimum absolute atomic E-state index is 0.129. The summed E-state index contributed by atoms with van der Waals surface area (Å²) in [6.07, 6.45) is 1.72. The lowest BCUT2D eigenvalue weighted by atomic mass is 10.1. The summed E-state index contributed by atoms with van der Waals surface area (Å²) in [5.41, 5.74) is 3.46. The lowest BCUT2D eigenvalue weighted by molar-refractivity contribution is -0.384. The molecule has 40 heavy (non-hydrogen) atoms. The van der Waals surface area contributed by atoms with Crippen LogP contribution >= 0.6 is 24.0 Å². The highest BCUT2D eigenvalue weighted by molar-refractivity contribution is 8.27. The second-order valence-electron chi connectivity index (χ2n) is 8.89. The number of thiocarbonyl (C=S) groups is 1. The van der Waals surface area contributed by atoms with Gasteiger partial charge in [0.15, 0.2) is 10.9 Å². The second-order valence-corrected chi connectivity index (χ2v) is 10.6. The van der Waals surface area contributed by atoms with E-state index in [1.54, 1.807) is 12.1 Å². The number of thioether (sulfide) groups is 1. The third kappa shape index (κ3) is 6.67. The van der Waals surface area contributed by atoms with Gasteiger partial charge in [0, 0.05) is 48.2 Å². The van der Waals surface area contributed by atoms with Crippen LogP contribution < -0.4 is 19.9 Å². The fourth-order valence-corrected chi connectivity index (χ4v) is 5.41. The Hall–Kier alpha value is -4.22. The molecule has 0 aromatic heterocycles. The Morgan fingerprint density at radius 3 is 2.52 bits per heavy atom. The number of carbonyl (C=O) groups is 2. The van der Waals surface area contributed by atoms with Crippen molar-refractivity contribution < 1.29 is 19.2 Å². The summed E-state index contributed by atoms with van der Waals surface area (Å²) in [6.45, 7) is 7.27. The second kappa shape index (κ2) is 12.8. The third-order valence-corrected chi connectivity index (χ3v) is 7.50. The first-order valence-corrected chi connectivity index (χ1v) is 13.8. The maximum Gasteiger partial charge on any atom is 0.271 e. The first-order chi connectivity index (χ1) is 19.2. The minimum atomic E-state index is -0.529. The SMILES string of the molecule is CCN(CC)c1ccc(/C=C2\SC(=S)N(c3ccc(C)cc3)C2=O)c(OCC(=O)Nc2cccc([N+](=O)[O-])c2)c1. The number of nitrogens with one attached hydrogen (secondary N) is 1. The van der Waals surface area contributed by atoms with Gasteiger partial charge in [-0.05, 0) is 57.2 Å². The number of benzene rings is 3. The van der Waals surface area contributed by atoms with Crippen LogP contribution in [0, 0.1) is 17.0 Å². The molecule has 0 bridgehead atoms. The van der Waals surface area contributed by atoms with Gasteiger partial charge in [0.1, 0.15) is 5.75 Å². The number of amides is 2. The predicted molar refractivity (Wildman–Crippen MR) is 164 cm³/mol.